The molecule has 6 nitrogen and oxygen atoms in total. The standard InChI is InChI=1S/C19H21FN4O2/c1-3-24(10-17(25)26)15-6-14(7-15)23-19-12(8-21)9-22-18-11(2)4-13(20)5-16(18)19/h4-5,9,14-15H,3,6-7,10H2,1-2H3,(H,22,23)(H,25,26). The van der Waals surface area contributed by atoms with Gasteiger partial charge >= 0.3 is 5.97 Å². The topological polar surface area (TPSA) is 89.3 Å². The fourth-order valence-electron chi connectivity index (χ4n) is 3.56. The molecule has 1 aliphatic rings. The zero-order valence-electron chi connectivity index (χ0n) is 14.8. The molecule has 1 aliphatic carbocycles. The van der Waals surface area contributed by atoms with Crippen LogP contribution in [0.5, 0.6) is 0 Å². The molecule has 3 rings (SSSR count). The number of likely N-dealkylation sites (N-methyl/N-ethyl adjacent to an activating group) is 1. The molecule has 1 fully saturated rings. The van der Waals surface area contributed by atoms with Crippen LogP contribution in [-0.2, 0) is 4.79 Å². The molecular formula is C19H21FN4O2. The Morgan fingerprint density at radius 1 is 1.50 bits per heavy atom. The lowest BCUT2D eigenvalue weighted by molar-refractivity contribution is -0.139. The highest BCUT2D eigenvalue weighted by molar-refractivity contribution is 5.95. The molecule has 2 aromatic rings. The number of halogens is 1. The van der Waals surface area contributed by atoms with Crippen LogP contribution in [0.15, 0.2) is 18.3 Å². The lowest BCUT2D eigenvalue weighted by atomic mass is 9.85. The summed E-state index contributed by atoms with van der Waals surface area (Å²) in [6.45, 7) is 4.44. The van der Waals surface area contributed by atoms with Gasteiger partial charge in [-0.2, -0.15) is 5.26 Å². The van der Waals surface area contributed by atoms with Gasteiger partial charge in [0.25, 0.3) is 0 Å². The van der Waals surface area contributed by atoms with Gasteiger partial charge in [-0.15, -0.1) is 0 Å². The summed E-state index contributed by atoms with van der Waals surface area (Å²) in [4.78, 5) is 17.2. The molecule has 1 heterocycles. The first-order valence-corrected chi connectivity index (χ1v) is 8.64. The van der Waals surface area contributed by atoms with Crippen molar-refractivity contribution in [1.82, 2.24) is 9.88 Å². The van der Waals surface area contributed by atoms with Crippen LogP contribution < -0.4 is 5.32 Å². The number of carboxylic acids is 1. The molecule has 0 unspecified atom stereocenters. The van der Waals surface area contributed by atoms with Crippen LogP contribution in [0, 0.1) is 24.1 Å². The summed E-state index contributed by atoms with van der Waals surface area (Å²) >= 11 is 0. The van der Waals surface area contributed by atoms with Crippen molar-refractivity contribution >= 4 is 22.6 Å². The van der Waals surface area contributed by atoms with Crippen molar-refractivity contribution in [3.63, 3.8) is 0 Å². The molecular weight excluding hydrogens is 335 g/mol. The van der Waals surface area contributed by atoms with E-state index >= 15 is 0 Å². The highest BCUT2D eigenvalue weighted by Crippen LogP contribution is 2.34. The van der Waals surface area contributed by atoms with Gasteiger partial charge in [0.05, 0.1) is 23.3 Å². The molecule has 2 N–H and O–H groups in total. The summed E-state index contributed by atoms with van der Waals surface area (Å²) in [6, 6.07) is 5.26. The Hall–Kier alpha value is -2.72. The monoisotopic (exact) mass is 356 g/mol. The SMILES string of the molecule is CCN(CC(=O)O)C1CC(Nc2c(C#N)cnc3c(C)cc(F)cc23)C1. The highest BCUT2D eigenvalue weighted by atomic mass is 19.1. The van der Waals surface area contributed by atoms with Crippen LogP contribution >= 0.6 is 0 Å². The Bertz CT molecular complexity index is 887. The third kappa shape index (κ3) is 3.46. The Balaban J connectivity index is 1.82. The molecule has 1 saturated carbocycles. The van der Waals surface area contributed by atoms with E-state index in [1.165, 1.54) is 18.3 Å². The van der Waals surface area contributed by atoms with Crippen LogP contribution in [-0.4, -0.2) is 46.1 Å². The van der Waals surface area contributed by atoms with E-state index in [0.29, 0.717) is 28.7 Å². The number of nitrogens with zero attached hydrogens (tertiary/aromatic N) is 3. The first-order chi connectivity index (χ1) is 12.4. The van der Waals surface area contributed by atoms with E-state index in [4.69, 9.17) is 5.11 Å². The van der Waals surface area contributed by atoms with Gasteiger partial charge in [-0.25, -0.2) is 4.39 Å². The summed E-state index contributed by atoms with van der Waals surface area (Å²) in [7, 11) is 0. The maximum Gasteiger partial charge on any atom is 0.317 e. The van der Waals surface area contributed by atoms with Gasteiger partial charge in [0.2, 0.25) is 0 Å². The van der Waals surface area contributed by atoms with E-state index in [-0.39, 0.29) is 24.4 Å². The van der Waals surface area contributed by atoms with Crippen LogP contribution in [0.25, 0.3) is 10.9 Å². The van der Waals surface area contributed by atoms with Crippen molar-refractivity contribution in [1.29, 1.82) is 5.26 Å². The maximum atomic E-state index is 13.9. The molecule has 26 heavy (non-hydrogen) atoms. The Kier molecular flexibility index (Phi) is 5.05. The van der Waals surface area contributed by atoms with Crippen molar-refractivity contribution in [3.05, 3.63) is 35.3 Å². The van der Waals surface area contributed by atoms with Crippen molar-refractivity contribution in [2.45, 2.75) is 38.8 Å². The average molecular weight is 356 g/mol. The van der Waals surface area contributed by atoms with Gasteiger partial charge in [-0.1, -0.05) is 6.92 Å². The Morgan fingerprint density at radius 2 is 2.23 bits per heavy atom. The number of aromatic nitrogens is 1. The summed E-state index contributed by atoms with van der Waals surface area (Å²) < 4.78 is 13.9. The maximum absolute atomic E-state index is 13.9. The van der Waals surface area contributed by atoms with Crippen LogP contribution in [0.2, 0.25) is 0 Å². The second-order valence-corrected chi connectivity index (χ2v) is 6.70. The predicted octanol–water partition coefficient (Wildman–Crippen LogP) is 2.90. The van der Waals surface area contributed by atoms with Crippen molar-refractivity contribution < 1.29 is 14.3 Å². The third-order valence-electron chi connectivity index (χ3n) is 4.97. The average Bonchev–Trinajstić information content (AvgIpc) is 2.55. The molecule has 0 saturated heterocycles. The van der Waals surface area contributed by atoms with E-state index in [1.807, 2.05) is 11.8 Å². The van der Waals surface area contributed by atoms with E-state index in [9.17, 15) is 14.4 Å². The summed E-state index contributed by atoms with van der Waals surface area (Å²) in [6.07, 6.45) is 3.07. The number of rotatable bonds is 6. The number of nitriles is 1. The second kappa shape index (κ2) is 7.26. The number of benzene rings is 1. The number of aryl methyl sites for hydroxylation is 1. The minimum atomic E-state index is -0.832. The van der Waals surface area contributed by atoms with Gasteiger partial charge in [-0.3, -0.25) is 14.7 Å². The minimum Gasteiger partial charge on any atom is -0.480 e. The first kappa shape index (κ1) is 18.1. The Labute approximate surface area is 151 Å². The number of nitrogens with one attached hydrogen (secondary N) is 1. The third-order valence-corrected chi connectivity index (χ3v) is 4.97. The van der Waals surface area contributed by atoms with Gasteiger partial charge < -0.3 is 10.4 Å². The smallest absolute Gasteiger partial charge is 0.317 e. The zero-order valence-corrected chi connectivity index (χ0v) is 14.8. The number of aliphatic carboxylic acids is 1. The molecule has 1 aromatic carbocycles. The fraction of sp³-hybridized carbons (Fsp3) is 0.421. The molecule has 0 amide bonds. The number of carboxylic acid groups (broad SMARTS) is 1. The first-order valence-electron chi connectivity index (χ1n) is 8.64. The number of carbonyl (C=O) groups is 1. The van der Waals surface area contributed by atoms with Crippen LogP contribution in [0.3, 0.4) is 0 Å². The molecule has 0 aliphatic heterocycles. The van der Waals surface area contributed by atoms with Gasteiger partial charge in [0, 0.05) is 23.7 Å². The molecule has 1 aromatic heterocycles. The fourth-order valence-corrected chi connectivity index (χ4v) is 3.56. The normalized spacial score (nSPS) is 19.2. The van der Waals surface area contributed by atoms with Crippen molar-refractivity contribution in [2.75, 3.05) is 18.4 Å². The molecule has 0 bridgehead atoms. The van der Waals surface area contributed by atoms with Crippen molar-refractivity contribution in [3.8, 4) is 6.07 Å². The number of anilines is 1. The largest absolute Gasteiger partial charge is 0.480 e. The van der Waals surface area contributed by atoms with E-state index in [0.717, 1.165) is 18.4 Å². The number of pyridine rings is 1. The summed E-state index contributed by atoms with van der Waals surface area (Å²) in [5.41, 5.74) is 2.37. The van der Waals surface area contributed by atoms with E-state index in [1.54, 1.807) is 6.92 Å². The summed E-state index contributed by atoms with van der Waals surface area (Å²) in [5, 5.41) is 22.3. The van der Waals surface area contributed by atoms with Crippen molar-refractivity contribution in [2.24, 2.45) is 0 Å². The zero-order chi connectivity index (χ0) is 18.8. The second-order valence-electron chi connectivity index (χ2n) is 6.70. The number of hydrogen-bond acceptors (Lipinski definition) is 5. The summed E-state index contributed by atoms with van der Waals surface area (Å²) in [5.74, 6) is -1.19. The van der Waals surface area contributed by atoms with E-state index in [2.05, 4.69) is 16.4 Å². The molecule has 0 atom stereocenters. The lowest BCUT2D eigenvalue weighted by Gasteiger charge is -2.42. The number of fused-ring (bicyclic) bond motifs is 1. The molecule has 0 spiro atoms. The lowest BCUT2D eigenvalue weighted by Crippen LogP contribution is -2.51. The molecule has 7 heteroatoms. The number of hydrogen-bond donors (Lipinski definition) is 2. The van der Waals surface area contributed by atoms with Gasteiger partial charge in [0.15, 0.2) is 0 Å². The van der Waals surface area contributed by atoms with Crippen LogP contribution in [0.1, 0.15) is 30.9 Å². The minimum absolute atomic E-state index is 0.0277. The predicted molar refractivity (Wildman–Crippen MR) is 96.5 cm³/mol. The van der Waals surface area contributed by atoms with Gasteiger partial charge in [-0.05, 0) is 44.0 Å². The highest BCUT2D eigenvalue weighted by Gasteiger charge is 2.34. The quantitative estimate of drug-likeness (QED) is 0.827. The van der Waals surface area contributed by atoms with Gasteiger partial charge in [0.1, 0.15) is 11.9 Å². The Morgan fingerprint density at radius 3 is 2.85 bits per heavy atom. The van der Waals surface area contributed by atoms with Crippen LogP contribution in [0.4, 0.5) is 10.1 Å². The van der Waals surface area contributed by atoms with E-state index < -0.39 is 5.97 Å². The molecule has 136 valence electrons. The molecule has 0 radical (unpaired) electrons.